The van der Waals surface area contributed by atoms with E-state index >= 15 is 0 Å². The fraction of sp³-hybridized carbons (Fsp3) is 0.417. The van der Waals surface area contributed by atoms with E-state index in [2.05, 4.69) is 26.6 Å². The first-order chi connectivity index (χ1) is 7.63. The molecule has 0 unspecified atom stereocenters. The van der Waals surface area contributed by atoms with Gasteiger partial charge in [-0.3, -0.25) is 0 Å². The van der Waals surface area contributed by atoms with Crippen molar-refractivity contribution in [3.63, 3.8) is 0 Å². The van der Waals surface area contributed by atoms with Crippen molar-refractivity contribution in [2.24, 2.45) is 0 Å². The number of anilines is 1. The van der Waals surface area contributed by atoms with E-state index in [0.29, 0.717) is 6.04 Å². The van der Waals surface area contributed by atoms with Crippen LogP contribution in [0.3, 0.4) is 0 Å². The van der Waals surface area contributed by atoms with Crippen LogP contribution in [0.4, 0.5) is 10.5 Å². The summed E-state index contributed by atoms with van der Waals surface area (Å²) >= 11 is 3.41. The standard InChI is InChI=1S/C12H15BrN2O/c1-8-5-9(13)7-11(6-8)15-12(16)14-10-3-2-4-10/h5-7,10H,2-4H2,1H3,(H2,14,15,16). The van der Waals surface area contributed by atoms with E-state index in [-0.39, 0.29) is 6.03 Å². The second kappa shape index (κ2) is 4.87. The summed E-state index contributed by atoms with van der Waals surface area (Å²) in [4.78, 5) is 11.6. The molecule has 86 valence electrons. The Morgan fingerprint density at radius 2 is 2.12 bits per heavy atom. The lowest BCUT2D eigenvalue weighted by Crippen LogP contribution is -2.41. The molecule has 3 nitrogen and oxygen atoms in total. The smallest absolute Gasteiger partial charge is 0.319 e. The quantitative estimate of drug-likeness (QED) is 0.857. The fourth-order valence-electron chi connectivity index (χ4n) is 1.71. The van der Waals surface area contributed by atoms with E-state index in [4.69, 9.17) is 0 Å². The molecule has 1 aliphatic rings. The van der Waals surface area contributed by atoms with Gasteiger partial charge in [0, 0.05) is 16.2 Å². The van der Waals surface area contributed by atoms with Crippen molar-refractivity contribution in [1.82, 2.24) is 5.32 Å². The minimum absolute atomic E-state index is 0.109. The number of halogens is 1. The van der Waals surface area contributed by atoms with Crippen LogP contribution < -0.4 is 10.6 Å². The molecule has 1 aliphatic carbocycles. The van der Waals surface area contributed by atoms with E-state index in [0.717, 1.165) is 28.6 Å². The van der Waals surface area contributed by atoms with Crippen molar-refractivity contribution in [2.45, 2.75) is 32.2 Å². The van der Waals surface area contributed by atoms with Crippen molar-refractivity contribution in [3.8, 4) is 0 Å². The molecule has 16 heavy (non-hydrogen) atoms. The molecular formula is C12H15BrN2O. The predicted molar refractivity (Wildman–Crippen MR) is 68.7 cm³/mol. The van der Waals surface area contributed by atoms with Crippen molar-refractivity contribution in [2.75, 3.05) is 5.32 Å². The molecule has 0 bridgehead atoms. The van der Waals surface area contributed by atoms with Crippen LogP contribution in [0.1, 0.15) is 24.8 Å². The normalized spacial score (nSPS) is 15.4. The lowest BCUT2D eigenvalue weighted by Gasteiger charge is -2.26. The summed E-state index contributed by atoms with van der Waals surface area (Å²) in [5.74, 6) is 0. The van der Waals surface area contributed by atoms with Crippen molar-refractivity contribution in [1.29, 1.82) is 0 Å². The Morgan fingerprint density at radius 3 is 2.69 bits per heavy atom. The van der Waals surface area contributed by atoms with Crippen LogP contribution in [0.2, 0.25) is 0 Å². The third-order valence-electron chi connectivity index (χ3n) is 2.74. The number of carbonyl (C=O) groups is 1. The van der Waals surface area contributed by atoms with Crippen LogP contribution in [0.5, 0.6) is 0 Å². The first kappa shape index (κ1) is 11.5. The van der Waals surface area contributed by atoms with Gasteiger partial charge < -0.3 is 10.6 Å². The number of aryl methyl sites for hydroxylation is 1. The molecule has 1 fully saturated rings. The largest absolute Gasteiger partial charge is 0.335 e. The van der Waals surface area contributed by atoms with E-state index in [9.17, 15) is 4.79 Å². The molecule has 0 spiro atoms. The van der Waals surface area contributed by atoms with Gasteiger partial charge in [0.2, 0.25) is 0 Å². The molecule has 1 aromatic carbocycles. The molecule has 0 heterocycles. The maximum atomic E-state index is 11.6. The number of nitrogens with one attached hydrogen (secondary N) is 2. The average Bonchev–Trinajstić information content (AvgIpc) is 2.09. The topological polar surface area (TPSA) is 41.1 Å². The molecular weight excluding hydrogens is 268 g/mol. The summed E-state index contributed by atoms with van der Waals surface area (Å²) in [5.41, 5.74) is 1.94. The Kier molecular flexibility index (Phi) is 3.49. The van der Waals surface area contributed by atoms with Gasteiger partial charge in [-0.25, -0.2) is 4.79 Å². The summed E-state index contributed by atoms with van der Waals surface area (Å²) < 4.78 is 0.978. The lowest BCUT2D eigenvalue weighted by atomic mass is 9.93. The Hall–Kier alpha value is -1.03. The zero-order valence-electron chi connectivity index (χ0n) is 9.22. The maximum absolute atomic E-state index is 11.6. The number of benzene rings is 1. The van der Waals surface area contributed by atoms with Gasteiger partial charge in [0.15, 0.2) is 0 Å². The van der Waals surface area contributed by atoms with Crippen LogP contribution >= 0.6 is 15.9 Å². The molecule has 2 rings (SSSR count). The van der Waals surface area contributed by atoms with Crippen molar-refractivity contribution < 1.29 is 4.79 Å². The van der Waals surface area contributed by atoms with Crippen LogP contribution in [-0.2, 0) is 0 Å². The average molecular weight is 283 g/mol. The third kappa shape index (κ3) is 2.98. The second-order valence-electron chi connectivity index (χ2n) is 4.24. The molecule has 0 saturated heterocycles. The van der Waals surface area contributed by atoms with Gasteiger partial charge in [-0.15, -0.1) is 0 Å². The number of hydrogen-bond donors (Lipinski definition) is 2. The zero-order chi connectivity index (χ0) is 11.5. The van der Waals surface area contributed by atoms with Crippen molar-refractivity contribution >= 4 is 27.6 Å². The SMILES string of the molecule is Cc1cc(Br)cc(NC(=O)NC2CCC2)c1. The molecule has 1 saturated carbocycles. The van der Waals surface area contributed by atoms with Crippen LogP contribution in [-0.4, -0.2) is 12.1 Å². The fourth-order valence-corrected chi connectivity index (χ4v) is 2.32. The predicted octanol–water partition coefficient (Wildman–Crippen LogP) is 3.43. The summed E-state index contributed by atoms with van der Waals surface area (Å²) in [6, 6.07) is 6.11. The highest BCUT2D eigenvalue weighted by Gasteiger charge is 2.19. The van der Waals surface area contributed by atoms with Gasteiger partial charge >= 0.3 is 6.03 Å². The molecule has 0 aromatic heterocycles. The monoisotopic (exact) mass is 282 g/mol. The second-order valence-corrected chi connectivity index (χ2v) is 5.16. The highest BCUT2D eigenvalue weighted by molar-refractivity contribution is 9.10. The van der Waals surface area contributed by atoms with Gasteiger partial charge in [-0.1, -0.05) is 15.9 Å². The number of urea groups is 1. The van der Waals surface area contributed by atoms with E-state index in [1.165, 1.54) is 6.42 Å². The summed E-state index contributed by atoms with van der Waals surface area (Å²) in [6.45, 7) is 2.00. The Labute approximate surface area is 104 Å². The van der Waals surface area contributed by atoms with Gasteiger partial charge in [-0.2, -0.15) is 0 Å². The van der Waals surface area contributed by atoms with E-state index in [1.807, 2.05) is 25.1 Å². The van der Waals surface area contributed by atoms with E-state index in [1.54, 1.807) is 0 Å². The highest BCUT2D eigenvalue weighted by Crippen LogP contribution is 2.20. The Morgan fingerprint density at radius 1 is 1.38 bits per heavy atom. The summed E-state index contributed by atoms with van der Waals surface area (Å²) in [6.07, 6.45) is 3.43. The first-order valence-electron chi connectivity index (χ1n) is 5.48. The third-order valence-corrected chi connectivity index (χ3v) is 3.20. The molecule has 0 radical (unpaired) electrons. The highest BCUT2D eigenvalue weighted by atomic mass is 79.9. The van der Waals surface area contributed by atoms with Crippen molar-refractivity contribution in [3.05, 3.63) is 28.2 Å². The first-order valence-corrected chi connectivity index (χ1v) is 6.27. The zero-order valence-corrected chi connectivity index (χ0v) is 10.8. The molecule has 4 heteroatoms. The number of amides is 2. The molecule has 2 N–H and O–H groups in total. The molecule has 1 aromatic rings. The minimum Gasteiger partial charge on any atom is -0.335 e. The number of hydrogen-bond acceptors (Lipinski definition) is 1. The Balaban J connectivity index is 1.94. The molecule has 2 amide bonds. The Bertz CT molecular complexity index is 382. The van der Waals surface area contributed by atoms with Gasteiger partial charge in [0.25, 0.3) is 0 Å². The van der Waals surface area contributed by atoms with Crippen LogP contribution in [0.25, 0.3) is 0 Å². The summed E-state index contributed by atoms with van der Waals surface area (Å²) in [7, 11) is 0. The maximum Gasteiger partial charge on any atom is 0.319 e. The van der Waals surface area contributed by atoms with Crippen LogP contribution in [0.15, 0.2) is 22.7 Å². The molecule has 0 aliphatic heterocycles. The van der Waals surface area contributed by atoms with Crippen LogP contribution in [0, 0.1) is 6.92 Å². The van der Waals surface area contributed by atoms with Gasteiger partial charge in [0.05, 0.1) is 0 Å². The minimum atomic E-state index is -0.109. The summed E-state index contributed by atoms with van der Waals surface area (Å²) in [5, 5.41) is 5.78. The molecule has 0 atom stereocenters. The number of carbonyl (C=O) groups excluding carboxylic acids is 1. The van der Waals surface area contributed by atoms with Gasteiger partial charge in [-0.05, 0) is 49.9 Å². The van der Waals surface area contributed by atoms with E-state index < -0.39 is 0 Å². The number of rotatable bonds is 2. The lowest BCUT2D eigenvalue weighted by molar-refractivity contribution is 0.240. The van der Waals surface area contributed by atoms with Gasteiger partial charge in [0.1, 0.15) is 0 Å².